The Morgan fingerprint density at radius 1 is 1.04 bits per heavy atom. The van der Waals surface area contributed by atoms with Gasteiger partial charge in [-0.3, -0.25) is 4.68 Å². The van der Waals surface area contributed by atoms with Crippen molar-refractivity contribution in [3.63, 3.8) is 0 Å². The van der Waals surface area contributed by atoms with E-state index >= 15 is 0 Å². The van der Waals surface area contributed by atoms with Crippen LogP contribution < -0.4 is 5.32 Å². The molecule has 4 heterocycles. The molecule has 3 aromatic rings. The van der Waals surface area contributed by atoms with Crippen molar-refractivity contribution in [3.8, 4) is 11.3 Å². The Morgan fingerprint density at radius 3 is 2.73 bits per heavy atom. The Balaban J connectivity index is 1.30. The molecule has 2 aliphatic rings. The van der Waals surface area contributed by atoms with Crippen LogP contribution in [0.1, 0.15) is 49.4 Å². The quantitative estimate of drug-likeness (QED) is 0.769. The number of nitrogens with one attached hydrogen (secondary N) is 1. The van der Waals surface area contributed by atoms with Gasteiger partial charge >= 0.3 is 0 Å². The van der Waals surface area contributed by atoms with Crippen LogP contribution in [0.15, 0.2) is 36.5 Å². The normalized spacial score (nSPS) is 17.0. The van der Waals surface area contributed by atoms with Gasteiger partial charge in [-0.1, -0.05) is 12.1 Å². The number of hydrogen-bond acceptors (Lipinski definition) is 3. The van der Waals surface area contributed by atoms with Crippen LogP contribution in [0.2, 0.25) is 0 Å². The van der Waals surface area contributed by atoms with Crippen LogP contribution in [0, 0.1) is 0 Å². The molecule has 5 rings (SSSR count). The zero-order valence-electron chi connectivity index (χ0n) is 15.3. The fourth-order valence-electron chi connectivity index (χ4n) is 4.11. The molecule has 26 heavy (non-hydrogen) atoms. The predicted molar refractivity (Wildman–Crippen MR) is 103 cm³/mol. The van der Waals surface area contributed by atoms with Crippen LogP contribution in [0.3, 0.4) is 0 Å². The first-order chi connectivity index (χ1) is 12.8. The molecule has 0 saturated heterocycles. The molecular weight excluding hydrogens is 322 g/mol. The molecule has 0 bridgehead atoms. The highest BCUT2D eigenvalue weighted by molar-refractivity contribution is 5.62. The molecule has 0 amide bonds. The van der Waals surface area contributed by atoms with E-state index in [9.17, 15) is 0 Å². The zero-order chi connectivity index (χ0) is 17.5. The highest BCUT2D eigenvalue weighted by Crippen LogP contribution is 2.26. The maximum atomic E-state index is 4.82. The number of nitrogens with zero attached hydrogens (tertiary/aromatic N) is 4. The standard InChI is InChI=1S/C21H25N5/c1-15(19-13-18-5-4-12-26(18)24-19)22-17-9-7-16(8-10-17)20-14-25-11-3-2-6-21(25)23-20/h7-10,13-15,22H,2-6,11-12H2,1H3. The van der Waals surface area contributed by atoms with Crippen molar-refractivity contribution in [2.75, 3.05) is 5.32 Å². The van der Waals surface area contributed by atoms with E-state index in [1.165, 1.54) is 36.3 Å². The summed E-state index contributed by atoms with van der Waals surface area (Å²) >= 11 is 0. The Morgan fingerprint density at radius 2 is 1.92 bits per heavy atom. The smallest absolute Gasteiger partial charge is 0.109 e. The van der Waals surface area contributed by atoms with Gasteiger partial charge in [-0.25, -0.2) is 4.98 Å². The van der Waals surface area contributed by atoms with Crippen LogP contribution in [0.5, 0.6) is 0 Å². The summed E-state index contributed by atoms with van der Waals surface area (Å²) < 4.78 is 4.46. The lowest BCUT2D eigenvalue weighted by Crippen LogP contribution is -2.08. The minimum absolute atomic E-state index is 0.207. The van der Waals surface area contributed by atoms with E-state index in [2.05, 4.69) is 58.0 Å². The molecular formula is C21H25N5. The summed E-state index contributed by atoms with van der Waals surface area (Å²) in [6.07, 6.45) is 8.21. The third-order valence-corrected chi connectivity index (χ3v) is 5.60. The minimum Gasteiger partial charge on any atom is -0.377 e. The summed E-state index contributed by atoms with van der Waals surface area (Å²) in [5.74, 6) is 1.23. The molecule has 0 saturated carbocycles. The number of anilines is 1. The van der Waals surface area contributed by atoms with E-state index in [0.717, 1.165) is 43.0 Å². The van der Waals surface area contributed by atoms with Crippen LogP contribution >= 0.6 is 0 Å². The second-order valence-electron chi connectivity index (χ2n) is 7.52. The fourth-order valence-corrected chi connectivity index (χ4v) is 4.11. The molecule has 5 heteroatoms. The van der Waals surface area contributed by atoms with Crippen LogP contribution in [0.25, 0.3) is 11.3 Å². The SMILES string of the molecule is CC(Nc1ccc(-c2cn3c(n2)CCCC3)cc1)c1cc2n(n1)CCC2. The van der Waals surface area contributed by atoms with Crippen molar-refractivity contribution < 1.29 is 0 Å². The second-order valence-corrected chi connectivity index (χ2v) is 7.52. The number of rotatable bonds is 4. The molecule has 0 spiro atoms. The number of benzene rings is 1. The van der Waals surface area contributed by atoms with Crippen molar-refractivity contribution in [2.45, 2.75) is 58.2 Å². The van der Waals surface area contributed by atoms with Crippen LogP contribution in [-0.4, -0.2) is 19.3 Å². The maximum Gasteiger partial charge on any atom is 0.109 e. The van der Waals surface area contributed by atoms with Gasteiger partial charge in [0.25, 0.3) is 0 Å². The Kier molecular flexibility index (Phi) is 3.80. The topological polar surface area (TPSA) is 47.7 Å². The first-order valence-corrected chi connectivity index (χ1v) is 9.76. The average Bonchev–Trinajstić information content (AvgIpc) is 3.36. The first kappa shape index (κ1) is 15.7. The zero-order valence-corrected chi connectivity index (χ0v) is 15.3. The number of imidazole rings is 1. The van der Waals surface area contributed by atoms with Gasteiger partial charge in [-0.15, -0.1) is 0 Å². The van der Waals surface area contributed by atoms with E-state index in [1.54, 1.807) is 0 Å². The molecule has 0 aliphatic carbocycles. The average molecular weight is 347 g/mol. The largest absolute Gasteiger partial charge is 0.377 e. The van der Waals surface area contributed by atoms with Gasteiger partial charge in [0, 0.05) is 42.7 Å². The van der Waals surface area contributed by atoms with Gasteiger partial charge in [-0.2, -0.15) is 5.10 Å². The van der Waals surface area contributed by atoms with Crippen molar-refractivity contribution in [1.29, 1.82) is 0 Å². The van der Waals surface area contributed by atoms with Gasteiger partial charge in [-0.05, 0) is 50.8 Å². The lowest BCUT2D eigenvalue weighted by molar-refractivity contribution is 0.522. The summed E-state index contributed by atoms with van der Waals surface area (Å²) in [5, 5.41) is 8.30. The fraction of sp³-hybridized carbons (Fsp3) is 0.429. The van der Waals surface area contributed by atoms with E-state index in [0.29, 0.717) is 0 Å². The summed E-state index contributed by atoms with van der Waals surface area (Å²) in [6.45, 7) is 4.34. The molecule has 1 N–H and O–H groups in total. The molecule has 0 radical (unpaired) electrons. The molecule has 1 aromatic carbocycles. The van der Waals surface area contributed by atoms with Gasteiger partial charge in [0.15, 0.2) is 0 Å². The van der Waals surface area contributed by atoms with E-state index < -0.39 is 0 Å². The third-order valence-electron chi connectivity index (χ3n) is 5.60. The number of aryl methyl sites for hydroxylation is 4. The summed E-state index contributed by atoms with van der Waals surface area (Å²) in [7, 11) is 0. The highest BCUT2D eigenvalue weighted by atomic mass is 15.3. The van der Waals surface area contributed by atoms with Crippen molar-refractivity contribution in [3.05, 3.63) is 53.7 Å². The number of aromatic nitrogens is 4. The Bertz CT molecular complexity index is 874. The van der Waals surface area contributed by atoms with Crippen molar-refractivity contribution >= 4 is 5.69 Å². The lowest BCUT2D eigenvalue weighted by atomic mass is 10.1. The molecule has 0 fully saturated rings. The second kappa shape index (κ2) is 6.31. The van der Waals surface area contributed by atoms with Crippen LogP contribution in [0.4, 0.5) is 5.69 Å². The molecule has 5 nitrogen and oxygen atoms in total. The van der Waals surface area contributed by atoms with Gasteiger partial charge in [0.05, 0.1) is 17.4 Å². The lowest BCUT2D eigenvalue weighted by Gasteiger charge is -2.13. The summed E-state index contributed by atoms with van der Waals surface area (Å²) in [6, 6.07) is 11.1. The molecule has 134 valence electrons. The molecule has 2 aromatic heterocycles. The van der Waals surface area contributed by atoms with E-state index in [1.807, 2.05) is 0 Å². The number of fused-ring (bicyclic) bond motifs is 2. The molecule has 1 atom stereocenters. The Hall–Kier alpha value is -2.56. The maximum absolute atomic E-state index is 4.82. The molecule has 2 aliphatic heterocycles. The van der Waals surface area contributed by atoms with Crippen LogP contribution in [-0.2, 0) is 25.9 Å². The van der Waals surface area contributed by atoms with Crippen molar-refractivity contribution in [2.24, 2.45) is 0 Å². The third kappa shape index (κ3) is 2.81. The minimum atomic E-state index is 0.207. The van der Waals surface area contributed by atoms with E-state index in [4.69, 9.17) is 10.1 Å². The summed E-state index contributed by atoms with van der Waals surface area (Å²) in [4.78, 5) is 4.82. The van der Waals surface area contributed by atoms with E-state index in [-0.39, 0.29) is 6.04 Å². The van der Waals surface area contributed by atoms with Gasteiger partial charge in [0.2, 0.25) is 0 Å². The first-order valence-electron chi connectivity index (χ1n) is 9.76. The predicted octanol–water partition coefficient (Wildman–Crippen LogP) is 4.20. The number of hydrogen-bond donors (Lipinski definition) is 1. The molecule has 1 unspecified atom stereocenters. The van der Waals surface area contributed by atoms with Crippen molar-refractivity contribution in [1.82, 2.24) is 19.3 Å². The van der Waals surface area contributed by atoms with Gasteiger partial charge < -0.3 is 9.88 Å². The highest BCUT2D eigenvalue weighted by Gasteiger charge is 2.17. The summed E-state index contributed by atoms with van der Waals surface area (Å²) in [5.41, 5.74) is 5.90. The van der Waals surface area contributed by atoms with Gasteiger partial charge in [0.1, 0.15) is 5.82 Å². The monoisotopic (exact) mass is 347 g/mol. The Labute approximate surface area is 154 Å².